The van der Waals surface area contributed by atoms with Crippen molar-refractivity contribution in [1.82, 2.24) is 4.90 Å². The maximum Gasteiger partial charge on any atom is 0.253 e. The van der Waals surface area contributed by atoms with Crippen LogP contribution in [0.1, 0.15) is 40.2 Å². The molecule has 134 valence electrons. The average Bonchev–Trinajstić information content (AvgIpc) is 2.63. The van der Waals surface area contributed by atoms with Crippen LogP contribution in [-0.4, -0.2) is 34.1 Å². The summed E-state index contributed by atoms with van der Waals surface area (Å²) < 4.78 is 0. The van der Waals surface area contributed by atoms with Gasteiger partial charge in [-0.2, -0.15) is 0 Å². The lowest BCUT2D eigenvalue weighted by atomic mass is 9.88. The quantitative estimate of drug-likeness (QED) is 0.732. The maximum absolute atomic E-state index is 12.5. The number of amides is 1. The van der Waals surface area contributed by atoms with Crippen LogP contribution in [0, 0.1) is 0 Å². The van der Waals surface area contributed by atoms with E-state index >= 15 is 0 Å². The molecule has 0 bridgehead atoms. The number of hydrogen-bond donors (Lipinski definition) is 3. The molecule has 1 fully saturated rings. The van der Waals surface area contributed by atoms with Crippen LogP contribution in [0.25, 0.3) is 0 Å². The normalized spacial score (nSPS) is 14.8. The first-order chi connectivity index (χ1) is 11.6. The number of phenolic OH excluding ortho intramolecular Hbond substituents is 2. The highest BCUT2D eigenvalue weighted by atomic mass is 35.5. The second kappa shape index (κ2) is 8.23. The van der Waals surface area contributed by atoms with Crippen molar-refractivity contribution in [2.75, 3.05) is 13.1 Å². The molecule has 2 aromatic carbocycles. The number of phenols is 2. The molecule has 0 aliphatic carbocycles. The van der Waals surface area contributed by atoms with Gasteiger partial charge in [0.25, 0.3) is 5.91 Å². The Balaban J connectivity index is 0.00000225. The third-order valence-corrected chi connectivity index (χ3v) is 4.66. The first kappa shape index (κ1) is 19.1. The molecule has 5 nitrogen and oxygen atoms in total. The minimum Gasteiger partial charge on any atom is -0.504 e. The minimum absolute atomic E-state index is 0. The molecule has 1 amide bonds. The molecule has 0 aromatic heterocycles. The van der Waals surface area contributed by atoms with Crippen LogP contribution in [0.3, 0.4) is 0 Å². The van der Waals surface area contributed by atoms with Crippen molar-refractivity contribution in [2.24, 2.45) is 5.73 Å². The van der Waals surface area contributed by atoms with Crippen LogP contribution >= 0.6 is 12.4 Å². The van der Waals surface area contributed by atoms with E-state index in [1.807, 2.05) is 12.1 Å². The molecule has 0 unspecified atom stereocenters. The Morgan fingerprint density at radius 3 is 2.44 bits per heavy atom. The number of nitrogens with two attached hydrogens (primary N) is 1. The van der Waals surface area contributed by atoms with Gasteiger partial charge in [-0.15, -0.1) is 12.4 Å². The number of carbonyl (C=O) groups is 1. The third kappa shape index (κ3) is 4.24. The monoisotopic (exact) mass is 362 g/mol. The summed E-state index contributed by atoms with van der Waals surface area (Å²) in [6.07, 6.45) is 1.81. The molecule has 0 atom stereocenters. The zero-order valence-corrected chi connectivity index (χ0v) is 14.7. The molecule has 6 heteroatoms. The molecule has 1 heterocycles. The van der Waals surface area contributed by atoms with Gasteiger partial charge in [-0.05, 0) is 48.1 Å². The number of hydrogen-bond acceptors (Lipinski definition) is 4. The van der Waals surface area contributed by atoms with E-state index in [1.165, 1.54) is 23.8 Å². The van der Waals surface area contributed by atoms with E-state index in [-0.39, 0.29) is 29.8 Å². The summed E-state index contributed by atoms with van der Waals surface area (Å²) >= 11 is 0. The summed E-state index contributed by atoms with van der Waals surface area (Å²) in [5.41, 5.74) is 8.52. The Labute approximate surface area is 153 Å². The zero-order chi connectivity index (χ0) is 17.1. The summed E-state index contributed by atoms with van der Waals surface area (Å²) in [5.74, 6) is -0.160. The first-order valence-corrected chi connectivity index (χ1v) is 8.18. The fourth-order valence-corrected chi connectivity index (χ4v) is 3.23. The molecular formula is C19H23ClN2O3. The molecule has 1 aliphatic rings. The van der Waals surface area contributed by atoms with Crippen molar-refractivity contribution in [3.05, 3.63) is 59.2 Å². The molecule has 0 spiro atoms. The van der Waals surface area contributed by atoms with Crippen molar-refractivity contribution >= 4 is 18.3 Å². The number of aromatic hydroxyl groups is 2. The second-order valence-electron chi connectivity index (χ2n) is 6.22. The number of nitrogens with zero attached hydrogens (tertiary/aromatic N) is 1. The predicted octanol–water partition coefficient (Wildman–Crippen LogP) is 3.00. The molecule has 1 saturated heterocycles. The summed E-state index contributed by atoms with van der Waals surface area (Å²) in [7, 11) is 0. The lowest BCUT2D eigenvalue weighted by Crippen LogP contribution is -2.37. The van der Waals surface area contributed by atoms with Crippen LogP contribution < -0.4 is 5.73 Å². The SMILES string of the molecule is Cl.NCc1cccc(C2CCN(C(=O)c3ccc(O)c(O)c3)CC2)c1. The van der Waals surface area contributed by atoms with Crippen LogP contribution in [0.5, 0.6) is 11.5 Å². The minimum atomic E-state index is -0.269. The molecule has 0 radical (unpaired) electrons. The van der Waals surface area contributed by atoms with E-state index in [4.69, 9.17) is 5.73 Å². The van der Waals surface area contributed by atoms with Gasteiger partial charge >= 0.3 is 0 Å². The third-order valence-electron chi connectivity index (χ3n) is 4.66. The van der Waals surface area contributed by atoms with Gasteiger partial charge in [-0.1, -0.05) is 24.3 Å². The largest absolute Gasteiger partial charge is 0.504 e. The van der Waals surface area contributed by atoms with Gasteiger partial charge in [-0.25, -0.2) is 0 Å². The number of carbonyl (C=O) groups excluding carboxylic acids is 1. The molecule has 3 rings (SSSR count). The Morgan fingerprint density at radius 1 is 1.08 bits per heavy atom. The molecule has 0 saturated carbocycles. The Kier molecular flexibility index (Phi) is 6.28. The average molecular weight is 363 g/mol. The highest BCUT2D eigenvalue weighted by Crippen LogP contribution is 2.30. The number of benzene rings is 2. The smallest absolute Gasteiger partial charge is 0.253 e. The Bertz CT molecular complexity index is 743. The van der Waals surface area contributed by atoms with Crippen molar-refractivity contribution in [1.29, 1.82) is 0 Å². The molecule has 2 aromatic rings. The van der Waals surface area contributed by atoms with Crippen molar-refractivity contribution < 1.29 is 15.0 Å². The molecular weight excluding hydrogens is 340 g/mol. The number of rotatable bonds is 3. The lowest BCUT2D eigenvalue weighted by Gasteiger charge is -2.32. The first-order valence-electron chi connectivity index (χ1n) is 8.18. The van der Waals surface area contributed by atoms with Gasteiger partial charge < -0.3 is 20.8 Å². The van der Waals surface area contributed by atoms with Gasteiger partial charge in [0.1, 0.15) is 0 Å². The predicted molar refractivity (Wildman–Crippen MR) is 99.2 cm³/mol. The fraction of sp³-hybridized carbons (Fsp3) is 0.316. The number of piperidine rings is 1. The van der Waals surface area contributed by atoms with Crippen molar-refractivity contribution in [2.45, 2.75) is 25.3 Å². The van der Waals surface area contributed by atoms with E-state index in [0.29, 0.717) is 31.1 Å². The molecule has 1 aliphatic heterocycles. The highest BCUT2D eigenvalue weighted by molar-refractivity contribution is 5.95. The number of likely N-dealkylation sites (tertiary alicyclic amines) is 1. The summed E-state index contributed by atoms with van der Waals surface area (Å²) in [6, 6.07) is 12.5. The number of halogens is 1. The Hall–Kier alpha value is -2.24. The summed E-state index contributed by atoms with van der Waals surface area (Å²) in [4.78, 5) is 14.3. The van der Waals surface area contributed by atoms with Gasteiger partial charge in [0.15, 0.2) is 11.5 Å². The topological polar surface area (TPSA) is 86.8 Å². The van der Waals surface area contributed by atoms with E-state index < -0.39 is 0 Å². The van der Waals surface area contributed by atoms with Gasteiger partial charge in [-0.3, -0.25) is 4.79 Å². The highest BCUT2D eigenvalue weighted by Gasteiger charge is 2.25. The van der Waals surface area contributed by atoms with E-state index in [2.05, 4.69) is 12.1 Å². The Morgan fingerprint density at radius 2 is 1.80 bits per heavy atom. The van der Waals surface area contributed by atoms with E-state index in [0.717, 1.165) is 18.4 Å². The fourth-order valence-electron chi connectivity index (χ4n) is 3.23. The van der Waals surface area contributed by atoms with Crippen LogP contribution in [0.2, 0.25) is 0 Å². The van der Waals surface area contributed by atoms with Crippen molar-refractivity contribution in [3.8, 4) is 11.5 Å². The van der Waals surface area contributed by atoms with Gasteiger partial charge in [0.05, 0.1) is 0 Å². The lowest BCUT2D eigenvalue weighted by molar-refractivity contribution is 0.0712. The standard InChI is InChI=1S/C19H22N2O3.ClH/c20-12-13-2-1-3-15(10-13)14-6-8-21(9-7-14)19(24)16-4-5-17(22)18(23)11-16;/h1-5,10-11,14,22-23H,6-9,12,20H2;1H. The second-order valence-corrected chi connectivity index (χ2v) is 6.22. The van der Waals surface area contributed by atoms with Crippen LogP contribution in [-0.2, 0) is 6.54 Å². The van der Waals surface area contributed by atoms with E-state index in [1.54, 1.807) is 4.90 Å². The van der Waals surface area contributed by atoms with Gasteiger partial charge in [0, 0.05) is 25.2 Å². The van der Waals surface area contributed by atoms with Crippen LogP contribution in [0.15, 0.2) is 42.5 Å². The summed E-state index contributed by atoms with van der Waals surface area (Å²) in [6.45, 7) is 1.89. The van der Waals surface area contributed by atoms with Crippen molar-refractivity contribution in [3.63, 3.8) is 0 Å². The molecule has 25 heavy (non-hydrogen) atoms. The van der Waals surface area contributed by atoms with Gasteiger partial charge in [0.2, 0.25) is 0 Å². The summed E-state index contributed by atoms with van der Waals surface area (Å²) in [5, 5.41) is 18.9. The van der Waals surface area contributed by atoms with Crippen LogP contribution in [0.4, 0.5) is 0 Å². The van der Waals surface area contributed by atoms with E-state index in [9.17, 15) is 15.0 Å². The zero-order valence-electron chi connectivity index (χ0n) is 13.9. The maximum atomic E-state index is 12.5. The molecule has 4 N–H and O–H groups in total.